The maximum Gasteiger partial charge on any atom is 0.260 e. The Morgan fingerprint density at radius 1 is 0.893 bits per heavy atom. The molecule has 1 aliphatic carbocycles. The Balaban J connectivity index is 1.57. The first kappa shape index (κ1) is 20.7. The molecule has 1 saturated carbocycles. The first-order valence-electron chi connectivity index (χ1n) is 11.0. The van der Waals surface area contributed by atoms with E-state index < -0.39 is 0 Å². The average Bonchev–Trinajstić information content (AvgIpc) is 2.98. The van der Waals surface area contributed by atoms with Crippen LogP contribution in [0.15, 0.2) is 24.3 Å². The fraction of sp³-hybridized carbons (Fsp3) is 0.652. The number of carbonyl (C=O) groups is 2. The molecule has 1 aromatic rings. The van der Waals surface area contributed by atoms with Crippen molar-refractivity contribution in [3.05, 3.63) is 29.8 Å². The number of rotatable bonds is 5. The lowest BCUT2D eigenvalue weighted by atomic mass is 9.96. The van der Waals surface area contributed by atoms with E-state index in [0.29, 0.717) is 11.3 Å². The fourth-order valence-electron chi connectivity index (χ4n) is 4.19. The summed E-state index contributed by atoms with van der Waals surface area (Å²) in [6, 6.07) is 7.49. The molecule has 3 rings (SSSR count). The topological polar surface area (TPSA) is 58.6 Å². The number of nitrogens with one attached hydrogen (secondary N) is 1. The summed E-state index contributed by atoms with van der Waals surface area (Å²) in [7, 11) is 0. The van der Waals surface area contributed by atoms with E-state index in [4.69, 9.17) is 4.74 Å². The van der Waals surface area contributed by atoms with Crippen molar-refractivity contribution < 1.29 is 14.3 Å². The molecule has 2 aliphatic rings. The molecule has 0 unspecified atom stereocenters. The zero-order valence-corrected chi connectivity index (χ0v) is 17.0. The van der Waals surface area contributed by atoms with E-state index in [-0.39, 0.29) is 24.5 Å². The maximum atomic E-state index is 12.8. The SMILES string of the molecule is O=C(NC1CCCCCCC1)c1ccccc1OCC(=O)N1CCCCCC1. The molecule has 28 heavy (non-hydrogen) atoms. The number of nitrogens with zero attached hydrogens (tertiary/aromatic N) is 1. The van der Waals surface area contributed by atoms with Gasteiger partial charge in [-0.25, -0.2) is 0 Å². The highest BCUT2D eigenvalue weighted by Crippen LogP contribution is 2.21. The van der Waals surface area contributed by atoms with Gasteiger partial charge in [0.15, 0.2) is 6.61 Å². The van der Waals surface area contributed by atoms with Crippen LogP contribution in [0.4, 0.5) is 0 Å². The minimum Gasteiger partial charge on any atom is -0.483 e. The van der Waals surface area contributed by atoms with Gasteiger partial charge >= 0.3 is 0 Å². The van der Waals surface area contributed by atoms with Crippen LogP contribution in [0.2, 0.25) is 0 Å². The Morgan fingerprint density at radius 3 is 2.21 bits per heavy atom. The standard InChI is InChI=1S/C23H34N2O3/c26-22(25-16-10-4-5-11-17-25)18-28-21-15-9-8-14-20(21)23(27)24-19-12-6-2-1-3-7-13-19/h8-9,14-15,19H,1-7,10-13,16-18H2,(H,24,27). The Kier molecular flexibility index (Phi) is 8.19. The molecule has 2 amide bonds. The molecule has 0 aromatic heterocycles. The van der Waals surface area contributed by atoms with E-state index >= 15 is 0 Å². The van der Waals surface area contributed by atoms with Gasteiger partial charge in [-0.2, -0.15) is 0 Å². The van der Waals surface area contributed by atoms with E-state index in [1.165, 1.54) is 44.9 Å². The van der Waals surface area contributed by atoms with Crippen molar-refractivity contribution in [1.82, 2.24) is 10.2 Å². The van der Waals surface area contributed by atoms with E-state index in [0.717, 1.165) is 38.8 Å². The van der Waals surface area contributed by atoms with Gasteiger partial charge in [-0.05, 0) is 37.8 Å². The van der Waals surface area contributed by atoms with Crippen molar-refractivity contribution in [3.8, 4) is 5.75 Å². The number of hydrogen-bond donors (Lipinski definition) is 1. The van der Waals surface area contributed by atoms with Crippen molar-refractivity contribution in [3.63, 3.8) is 0 Å². The highest BCUT2D eigenvalue weighted by molar-refractivity contribution is 5.97. The smallest absolute Gasteiger partial charge is 0.260 e. The maximum absolute atomic E-state index is 12.8. The second-order valence-corrected chi connectivity index (χ2v) is 8.10. The number of carbonyl (C=O) groups excluding carboxylic acids is 2. The second-order valence-electron chi connectivity index (χ2n) is 8.10. The summed E-state index contributed by atoms with van der Waals surface area (Å²) >= 11 is 0. The first-order valence-corrected chi connectivity index (χ1v) is 11.0. The van der Waals surface area contributed by atoms with Crippen molar-refractivity contribution in [1.29, 1.82) is 0 Å². The number of ether oxygens (including phenoxy) is 1. The number of para-hydroxylation sites is 1. The van der Waals surface area contributed by atoms with Crippen molar-refractivity contribution in [2.24, 2.45) is 0 Å². The van der Waals surface area contributed by atoms with Crippen molar-refractivity contribution in [2.75, 3.05) is 19.7 Å². The molecule has 0 atom stereocenters. The minimum atomic E-state index is -0.0941. The highest BCUT2D eigenvalue weighted by atomic mass is 16.5. The second kappa shape index (κ2) is 11.1. The van der Waals surface area contributed by atoms with Crippen molar-refractivity contribution >= 4 is 11.8 Å². The van der Waals surface area contributed by atoms with Gasteiger partial charge in [0, 0.05) is 19.1 Å². The largest absolute Gasteiger partial charge is 0.483 e. The number of hydrogen-bond acceptors (Lipinski definition) is 3. The Bertz CT molecular complexity index is 630. The van der Waals surface area contributed by atoms with Crippen LogP contribution in [-0.2, 0) is 4.79 Å². The molecule has 154 valence electrons. The predicted molar refractivity (Wildman–Crippen MR) is 111 cm³/mol. The quantitative estimate of drug-likeness (QED) is 0.820. The summed E-state index contributed by atoms with van der Waals surface area (Å²) in [5, 5.41) is 3.19. The third-order valence-electron chi connectivity index (χ3n) is 5.88. The van der Waals surface area contributed by atoms with Gasteiger partial charge in [-0.15, -0.1) is 0 Å². The molecule has 1 N–H and O–H groups in total. The Labute approximate surface area is 168 Å². The van der Waals surface area contributed by atoms with E-state index in [9.17, 15) is 9.59 Å². The molecular formula is C23H34N2O3. The van der Waals surface area contributed by atoms with Gasteiger partial charge in [0.1, 0.15) is 5.75 Å². The average molecular weight is 387 g/mol. The molecule has 0 bridgehead atoms. The molecule has 1 aliphatic heterocycles. The number of amides is 2. The highest BCUT2D eigenvalue weighted by Gasteiger charge is 2.20. The monoisotopic (exact) mass is 386 g/mol. The van der Waals surface area contributed by atoms with Crippen LogP contribution in [0.25, 0.3) is 0 Å². The molecule has 1 saturated heterocycles. The molecular weight excluding hydrogens is 352 g/mol. The lowest BCUT2D eigenvalue weighted by Gasteiger charge is -2.22. The van der Waals surface area contributed by atoms with Crippen LogP contribution in [-0.4, -0.2) is 42.5 Å². The van der Waals surface area contributed by atoms with E-state index in [1.54, 1.807) is 12.1 Å². The zero-order chi connectivity index (χ0) is 19.6. The molecule has 1 heterocycles. The first-order chi connectivity index (χ1) is 13.7. The molecule has 1 aromatic carbocycles. The normalized spacial score (nSPS) is 19.2. The zero-order valence-electron chi connectivity index (χ0n) is 17.0. The summed E-state index contributed by atoms with van der Waals surface area (Å²) in [6.07, 6.45) is 12.8. The number of likely N-dealkylation sites (tertiary alicyclic amines) is 1. The van der Waals surface area contributed by atoms with Crippen LogP contribution in [0.1, 0.15) is 81.0 Å². The summed E-state index contributed by atoms with van der Waals surface area (Å²) in [5.74, 6) is 0.412. The van der Waals surface area contributed by atoms with Crippen LogP contribution >= 0.6 is 0 Å². The van der Waals surface area contributed by atoms with Crippen molar-refractivity contribution in [2.45, 2.75) is 76.7 Å². The van der Waals surface area contributed by atoms with E-state index in [1.807, 2.05) is 17.0 Å². The fourth-order valence-corrected chi connectivity index (χ4v) is 4.19. The lowest BCUT2D eigenvalue weighted by Crippen LogP contribution is -2.37. The minimum absolute atomic E-state index is 0.00623. The Morgan fingerprint density at radius 2 is 1.50 bits per heavy atom. The van der Waals surface area contributed by atoms with E-state index in [2.05, 4.69) is 5.32 Å². The summed E-state index contributed by atoms with van der Waals surface area (Å²) in [5.41, 5.74) is 0.522. The Hall–Kier alpha value is -2.04. The van der Waals surface area contributed by atoms with Gasteiger partial charge in [-0.1, -0.05) is 57.1 Å². The van der Waals surface area contributed by atoms with Gasteiger partial charge in [0.05, 0.1) is 5.56 Å². The van der Waals surface area contributed by atoms with Gasteiger partial charge in [0.2, 0.25) is 0 Å². The molecule has 0 spiro atoms. The lowest BCUT2D eigenvalue weighted by molar-refractivity contribution is -0.133. The third kappa shape index (κ3) is 6.25. The third-order valence-corrected chi connectivity index (χ3v) is 5.88. The van der Waals surface area contributed by atoms with Crippen LogP contribution < -0.4 is 10.1 Å². The summed E-state index contributed by atoms with van der Waals surface area (Å²) in [4.78, 5) is 27.2. The van der Waals surface area contributed by atoms with Gasteiger partial charge in [0.25, 0.3) is 11.8 Å². The predicted octanol–water partition coefficient (Wildman–Crippen LogP) is 4.31. The summed E-state index contributed by atoms with van der Waals surface area (Å²) in [6.45, 7) is 1.62. The van der Waals surface area contributed by atoms with Crippen LogP contribution in [0.5, 0.6) is 5.75 Å². The van der Waals surface area contributed by atoms with Crippen LogP contribution in [0.3, 0.4) is 0 Å². The number of benzene rings is 1. The molecule has 2 fully saturated rings. The van der Waals surface area contributed by atoms with Crippen LogP contribution in [0, 0.1) is 0 Å². The molecule has 5 heteroatoms. The molecule has 5 nitrogen and oxygen atoms in total. The van der Waals surface area contributed by atoms with Gasteiger partial charge < -0.3 is 15.0 Å². The van der Waals surface area contributed by atoms with Gasteiger partial charge in [-0.3, -0.25) is 9.59 Å². The summed E-state index contributed by atoms with van der Waals surface area (Å²) < 4.78 is 5.80. The molecule has 0 radical (unpaired) electrons.